The molecule has 2 aliphatic rings. The third kappa shape index (κ3) is 2.80. The molecule has 0 aromatic rings. The lowest BCUT2D eigenvalue weighted by atomic mass is 10.2. The molecule has 2 unspecified atom stereocenters. The first kappa shape index (κ1) is 12.4. The van der Waals surface area contributed by atoms with Crippen LogP contribution >= 0.6 is 0 Å². The summed E-state index contributed by atoms with van der Waals surface area (Å²) >= 11 is 5.25. The molecule has 6 heteroatoms. The van der Waals surface area contributed by atoms with Crippen LogP contribution in [0.25, 0.3) is 0 Å². The van der Waals surface area contributed by atoms with E-state index in [0.29, 0.717) is 0 Å². The van der Waals surface area contributed by atoms with E-state index < -0.39 is 0 Å². The molecule has 0 radical (unpaired) electrons. The number of piperazine rings is 1. The van der Waals surface area contributed by atoms with Gasteiger partial charge in [-0.2, -0.15) is 0 Å². The Balaban J connectivity index is 1.84. The highest BCUT2D eigenvalue weighted by molar-refractivity contribution is 8.27. The summed E-state index contributed by atoms with van der Waals surface area (Å²) in [5.74, 6) is 0.289. The summed E-state index contributed by atoms with van der Waals surface area (Å²) in [7, 11) is -0.0690. The fourth-order valence-electron chi connectivity index (χ4n) is 2.28. The number of nitrogens with one attached hydrogen (secondary N) is 1. The first-order valence-corrected chi connectivity index (χ1v) is 8.30. The van der Waals surface area contributed by atoms with Gasteiger partial charge in [-0.25, -0.2) is 4.31 Å². The molecule has 92 valence electrons. The molecule has 2 aliphatic heterocycles. The van der Waals surface area contributed by atoms with Gasteiger partial charge in [0, 0.05) is 32.4 Å². The van der Waals surface area contributed by atoms with Crippen LogP contribution in [0, 0.1) is 0 Å². The van der Waals surface area contributed by atoms with E-state index in [4.69, 9.17) is 11.2 Å². The number of amides is 1. The third-order valence-electron chi connectivity index (χ3n) is 3.27. The summed E-state index contributed by atoms with van der Waals surface area (Å²) < 4.78 is 2.28. The van der Waals surface area contributed by atoms with Crippen LogP contribution in [0.5, 0.6) is 0 Å². The van der Waals surface area contributed by atoms with Gasteiger partial charge in [0.2, 0.25) is 5.91 Å². The number of carbonyl (C=O) groups excluding carboxylic acids is 1. The summed E-state index contributed by atoms with van der Waals surface area (Å²) in [6, 6.07) is 0.0786. The molecule has 2 saturated heterocycles. The van der Waals surface area contributed by atoms with Crippen LogP contribution in [0.3, 0.4) is 0 Å². The molecule has 2 heterocycles. The summed E-state index contributed by atoms with van der Waals surface area (Å²) in [6.45, 7) is 4.53. The molecular weight excluding hydrogens is 242 g/mol. The fraction of sp³-hybridized carbons (Fsp3) is 0.900. The quantitative estimate of drug-likeness (QED) is 0.727. The molecule has 1 N–H and O–H groups in total. The van der Waals surface area contributed by atoms with Crippen molar-refractivity contribution in [1.29, 1.82) is 0 Å². The largest absolute Gasteiger partial charge is 0.339 e. The van der Waals surface area contributed by atoms with E-state index in [1.807, 2.05) is 4.90 Å². The molecular formula is C10H19N3OS2. The Hall–Kier alpha value is -0.0400. The SMILES string of the molecule is CS(=S)N1CCN(C(=O)C2CCCN2)CC1. The minimum atomic E-state index is -0.0690. The average Bonchev–Trinajstić information content (AvgIpc) is 2.81. The van der Waals surface area contributed by atoms with Crippen molar-refractivity contribution < 1.29 is 4.79 Å². The Bertz CT molecular complexity index is 284. The van der Waals surface area contributed by atoms with Crippen LogP contribution in [-0.2, 0) is 25.6 Å². The van der Waals surface area contributed by atoms with Crippen LogP contribution < -0.4 is 5.32 Å². The monoisotopic (exact) mass is 261 g/mol. The van der Waals surface area contributed by atoms with Gasteiger partial charge in [0.05, 0.1) is 6.04 Å². The lowest BCUT2D eigenvalue weighted by molar-refractivity contribution is -0.134. The zero-order valence-electron chi connectivity index (χ0n) is 9.65. The molecule has 0 aromatic carbocycles. The van der Waals surface area contributed by atoms with Crippen LogP contribution in [0.2, 0.25) is 0 Å². The van der Waals surface area contributed by atoms with Crippen molar-refractivity contribution in [3.05, 3.63) is 0 Å². The number of nitrogens with zero attached hydrogens (tertiary/aromatic N) is 2. The van der Waals surface area contributed by atoms with E-state index in [9.17, 15) is 4.79 Å². The Morgan fingerprint density at radius 2 is 2.06 bits per heavy atom. The van der Waals surface area contributed by atoms with Gasteiger partial charge in [0.15, 0.2) is 0 Å². The Morgan fingerprint density at radius 1 is 1.38 bits per heavy atom. The number of carbonyl (C=O) groups is 1. The standard InChI is InChI=1S/C10H19N3OS2/c1-16(15)13-7-5-12(6-8-13)10(14)9-3-2-4-11-9/h9,11H,2-8H2,1H3. The Morgan fingerprint density at radius 3 is 2.56 bits per heavy atom. The molecule has 2 fully saturated rings. The highest BCUT2D eigenvalue weighted by Gasteiger charge is 2.29. The molecule has 4 nitrogen and oxygen atoms in total. The van der Waals surface area contributed by atoms with Gasteiger partial charge >= 0.3 is 0 Å². The van der Waals surface area contributed by atoms with Crippen LogP contribution in [0.4, 0.5) is 0 Å². The lowest BCUT2D eigenvalue weighted by Crippen LogP contribution is -2.53. The number of hydrogen-bond acceptors (Lipinski definition) is 3. The average molecular weight is 261 g/mol. The van der Waals surface area contributed by atoms with Gasteiger partial charge in [-0.3, -0.25) is 4.79 Å². The van der Waals surface area contributed by atoms with Crippen molar-refractivity contribution in [3.8, 4) is 0 Å². The first-order chi connectivity index (χ1) is 7.68. The van der Waals surface area contributed by atoms with Crippen molar-refractivity contribution in [2.75, 3.05) is 39.0 Å². The van der Waals surface area contributed by atoms with Crippen LogP contribution in [-0.4, -0.2) is 60.1 Å². The van der Waals surface area contributed by atoms with E-state index >= 15 is 0 Å². The van der Waals surface area contributed by atoms with Crippen molar-refractivity contribution in [1.82, 2.24) is 14.5 Å². The van der Waals surface area contributed by atoms with E-state index in [0.717, 1.165) is 45.6 Å². The zero-order chi connectivity index (χ0) is 11.5. The fourth-order valence-corrected chi connectivity index (χ4v) is 3.41. The van der Waals surface area contributed by atoms with Gasteiger partial charge < -0.3 is 10.2 Å². The highest BCUT2D eigenvalue weighted by Crippen LogP contribution is 2.11. The predicted molar refractivity (Wildman–Crippen MR) is 69.8 cm³/mol. The molecule has 2 atom stereocenters. The van der Waals surface area contributed by atoms with Crippen molar-refractivity contribution in [3.63, 3.8) is 0 Å². The topological polar surface area (TPSA) is 35.6 Å². The molecule has 0 aliphatic carbocycles. The van der Waals surface area contributed by atoms with Crippen molar-refractivity contribution >= 4 is 26.7 Å². The summed E-state index contributed by atoms with van der Waals surface area (Å²) in [6.07, 6.45) is 4.19. The van der Waals surface area contributed by atoms with Crippen molar-refractivity contribution in [2.24, 2.45) is 0 Å². The second-order valence-corrected chi connectivity index (χ2v) is 7.14. The second-order valence-electron chi connectivity index (χ2n) is 4.33. The maximum absolute atomic E-state index is 12.1. The van der Waals surface area contributed by atoms with E-state index in [1.165, 1.54) is 0 Å². The molecule has 2 rings (SSSR count). The molecule has 0 spiro atoms. The number of rotatable bonds is 2. The minimum absolute atomic E-state index is 0.0690. The number of hydrogen-bond donors (Lipinski definition) is 1. The normalized spacial score (nSPS) is 29.3. The summed E-state index contributed by atoms with van der Waals surface area (Å²) in [5.41, 5.74) is 0. The third-order valence-corrected chi connectivity index (χ3v) is 5.00. The van der Waals surface area contributed by atoms with Crippen molar-refractivity contribution in [2.45, 2.75) is 18.9 Å². The maximum Gasteiger partial charge on any atom is 0.239 e. The van der Waals surface area contributed by atoms with Gasteiger partial charge in [0.1, 0.15) is 0 Å². The maximum atomic E-state index is 12.1. The second kappa shape index (κ2) is 5.53. The molecule has 16 heavy (non-hydrogen) atoms. The Labute approximate surface area is 104 Å². The highest BCUT2D eigenvalue weighted by atomic mass is 32.8. The van der Waals surface area contributed by atoms with E-state index in [1.54, 1.807) is 0 Å². The first-order valence-electron chi connectivity index (χ1n) is 5.79. The van der Waals surface area contributed by atoms with Crippen LogP contribution in [0.15, 0.2) is 0 Å². The molecule has 0 saturated carbocycles. The van der Waals surface area contributed by atoms with E-state index in [-0.39, 0.29) is 21.6 Å². The van der Waals surface area contributed by atoms with Gasteiger partial charge in [0.25, 0.3) is 0 Å². The molecule has 1 amide bonds. The van der Waals surface area contributed by atoms with Gasteiger partial charge in [-0.1, -0.05) is 9.64 Å². The molecule has 0 aromatic heterocycles. The smallest absolute Gasteiger partial charge is 0.239 e. The minimum Gasteiger partial charge on any atom is -0.339 e. The molecule has 0 bridgehead atoms. The Kier molecular flexibility index (Phi) is 4.29. The predicted octanol–water partition coefficient (Wildman–Crippen LogP) is -0.492. The van der Waals surface area contributed by atoms with Gasteiger partial charge in [-0.15, -0.1) is 0 Å². The van der Waals surface area contributed by atoms with Crippen LogP contribution in [0.1, 0.15) is 12.8 Å². The van der Waals surface area contributed by atoms with E-state index in [2.05, 4.69) is 15.9 Å². The summed E-state index contributed by atoms with van der Waals surface area (Å²) in [4.78, 5) is 14.1. The van der Waals surface area contributed by atoms with Gasteiger partial charge in [-0.05, 0) is 30.6 Å². The lowest BCUT2D eigenvalue weighted by Gasteiger charge is -2.35. The zero-order valence-corrected chi connectivity index (χ0v) is 11.3. The summed E-state index contributed by atoms with van der Waals surface area (Å²) in [5, 5.41) is 3.26.